The number of thiocarbonyl (C=S) groups is 1. The Hall–Kier alpha value is -2.03. The van der Waals surface area contributed by atoms with E-state index >= 15 is 0 Å². The molecule has 0 aliphatic carbocycles. The number of esters is 1. The fourth-order valence-corrected chi connectivity index (χ4v) is 3.73. The molecule has 3 heterocycles. The maximum Gasteiger partial charge on any atom is 0.343 e. The second-order valence-corrected chi connectivity index (χ2v) is 7.76. The van der Waals surface area contributed by atoms with Crippen molar-refractivity contribution in [3.05, 3.63) is 39.8 Å². The molecule has 156 valence electrons. The number of hydrogen-bond donors (Lipinski definition) is 0. The Morgan fingerprint density at radius 3 is 2.66 bits per heavy atom. The third kappa shape index (κ3) is 4.76. The summed E-state index contributed by atoms with van der Waals surface area (Å²) in [5.41, 5.74) is 0.775. The highest BCUT2D eigenvalue weighted by Gasteiger charge is 2.21. The minimum atomic E-state index is -0.629. The number of pyridine rings is 2. The molecule has 0 unspecified atom stereocenters. The van der Waals surface area contributed by atoms with Crippen LogP contribution in [0.3, 0.4) is 0 Å². The van der Waals surface area contributed by atoms with Crippen LogP contribution in [0.2, 0.25) is 0 Å². The van der Waals surface area contributed by atoms with E-state index in [1.54, 1.807) is 23.6 Å². The number of carbonyl (C=O) groups is 1. The third-order valence-electron chi connectivity index (χ3n) is 4.96. The Balaban J connectivity index is 2.04. The van der Waals surface area contributed by atoms with Crippen LogP contribution in [0.25, 0.3) is 11.0 Å². The van der Waals surface area contributed by atoms with Crippen LogP contribution in [0.15, 0.2) is 23.1 Å². The van der Waals surface area contributed by atoms with E-state index in [4.69, 9.17) is 33.5 Å². The van der Waals surface area contributed by atoms with Gasteiger partial charge in [0.15, 0.2) is 0 Å². The maximum atomic E-state index is 12.9. The molecule has 0 radical (unpaired) electrons. The monoisotopic (exact) mass is 436 g/mol. The average Bonchev–Trinajstić information content (AvgIpc) is 2.73. The summed E-state index contributed by atoms with van der Waals surface area (Å²) in [4.78, 5) is 34.9. The first-order chi connectivity index (χ1) is 14.0. The molecule has 2 aromatic rings. The van der Waals surface area contributed by atoms with Gasteiger partial charge in [-0.25, -0.2) is 9.78 Å². The summed E-state index contributed by atoms with van der Waals surface area (Å²) < 4.78 is 6.83. The molecule has 0 spiro atoms. The Labute approximate surface area is 180 Å². The van der Waals surface area contributed by atoms with E-state index in [0.29, 0.717) is 40.6 Å². The molecule has 0 aromatic carbocycles. The summed E-state index contributed by atoms with van der Waals surface area (Å²) in [6.07, 6.45) is 2.20. The second-order valence-electron chi connectivity index (χ2n) is 6.99. The number of piperazine rings is 1. The maximum absolute atomic E-state index is 12.9. The van der Waals surface area contributed by atoms with Gasteiger partial charge in [0.05, 0.1) is 12.0 Å². The summed E-state index contributed by atoms with van der Waals surface area (Å²) in [5.74, 6) is -0.169. The number of ether oxygens (including phenoxy) is 1. The molecule has 3 rings (SSSR count). The minimum absolute atomic E-state index is 0.00474. The lowest BCUT2D eigenvalue weighted by atomic mass is 10.1. The number of hydrogen-bond acceptors (Lipinski definition) is 6. The van der Waals surface area contributed by atoms with Crippen molar-refractivity contribution in [1.82, 2.24) is 19.4 Å². The van der Waals surface area contributed by atoms with Crippen LogP contribution in [-0.4, -0.2) is 76.0 Å². The fourth-order valence-electron chi connectivity index (χ4n) is 3.31. The zero-order valence-corrected chi connectivity index (χ0v) is 18.3. The van der Waals surface area contributed by atoms with Crippen LogP contribution in [0, 0.1) is 0 Å². The number of likely N-dealkylation sites (N-methyl/N-ethyl adjacent to an activating group) is 1. The van der Waals surface area contributed by atoms with E-state index < -0.39 is 5.97 Å². The lowest BCUT2D eigenvalue weighted by Gasteiger charge is -2.33. The summed E-state index contributed by atoms with van der Waals surface area (Å²) in [6, 6.07) is 3.45. The molecule has 0 saturated carbocycles. The SMILES string of the molecule is CCOC(=O)c1cn(CCCCl)c2nc(C(=S)N3CCN(C)CC3)ccc2c1=O. The summed E-state index contributed by atoms with van der Waals surface area (Å²) in [5, 5.41) is 0.370. The van der Waals surface area contributed by atoms with Gasteiger partial charge in [-0.15, -0.1) is 11.6 Å². The van der Waals surface area contributed by atoms with Gasteiger partial charge in [0.25, 0.3) is 0 Å². The molecule has 9 heteroatoms. The molecule has 1 aliphatic rings. The van der Waals surface area contributed by atoms with Crippen LogP contribution >= 0.6 is 23.8 Å². The average molecular weight is 437 g/mol. The van der Waals surface area contributed by atoms with Crippen LogP contribution in [-0.2, 0) is 11.3 Å². The van der Waals surface area contributed by atoms with Crippen molar-refractivity contribution >= 4 is 45.8 Å². The first-order valence-electron chi connectivity index (χ1n) is 9.71. The van der Waals surface area contributed by atoms with Crippen molar-refractivity contribution < 1.29 is 9.53 Å². The number of carbonyl (C=O) groups excluding carboxylic acids is 1. The number of aromatic nitrogens is 2. The number of nitrogens with zero attached hydrogens (tertiary/aromatic N) is 4. The van der Waals surface area contributed by atoms with Crippen molar-refractivity contribution in [3.63, 3.8) is 0 Å². The largest absolute Gasteiger partial charge is 0.462 e. The number of alkyl halides is 1. The fraction of sp³-hybridized carbons (Fsp3) is 0.500. The van der Waals surface area contributed by atoms with E-state index in [-0.39, 0.29) is 17.6 Å². The Bertz CT molecular complexity index is 970. The number of aryl methyl sites for hydroxylation is 1. The topological polar surface area (TPSA) is 67.7 Å². The third-order valence-corrected chi connectivity index (χ3v) is 5.69. The molecule has 7 nitrogen and oxygen atoms in total. The lowest BCUT2D eigenvalue weighted by molar-refractivity contribution is 0.0524. The molecule has 0 amide bonds. The molecule has 0 bridgehead atoms. The van der Waals surface area contributed by atoms with Gasteiger partial charge in [-0.1, -0.05) is 12.2 Å². The molecule has 0 atom stereocenters. The molecule has 29 heavy (non-hydrogen) atoms. The van der Waals surface area contributed by atoms with Crippen LogP contribution in [0.4, 0.5) is 0 Å². The Morgan fingerprint density at radius 2 is 2.00 bits per heavy atom. The van der Waals surface area contributed by atoms with Gasteiger partial charge >= 0.3 is 5.97 Å². The van der Waals surface area contributed by atoms with Crippen molar-refractivity contribution in [3.8, 4) is 0 Å². The normalized spacial score (nSPS) is 14.9. The van der Waals surface area contributed by atoms with Gasteiger partial charge in [-0.3, -0.25) is 4.79 Å². The van der Waals surface area contributed by atoms with E-state index in [2.05, 4.69) is 16.8 Å². The molecule has 1 fully saturated rings. The molecule has 1 saturated heterocycles. The summed E-state index contributed by atoms with van der Waals surface area (Å²) >= 11 is 11.5. The Morgan fingerprint density at radius 1 is 1.28 bits per heavy atom. The van der Waals surface area contributed by atoms with Crippen LogP contribution in [0.5, 0.6) is 0 Å². The van der Waals surface area contributed by atoms with E-state index in [9.17, 15) is 9.59 Å². The molecular formula is C20H25ClN4O3S. The first kappa shape index (κ1) is 21.7. The highest BCUT2D eigenvalue weighted by Crippen LogP contribution is 2.15. The molecule has 1 aliphatic heterocycles. The molecule has 0 N–H and O–H groups in total. The van der Waals surface area contributed by atoms with Crippen molar-refractivity contribution in [2.75, 3.05) is 45.7 Å². The minimum Gasteiger partial charge on any atom is -0.462 e. The zero-order chi connectivity index (χ0) is 21.0. The molecule has 2 aromatic heterocycles. The van der Waals surface area contributed by atoms with Gasteiger partial charge in [0.1, 0.15) is 21.9 Å². The van der Waals surface area contributed by atoms with Crippen molar-refractivity contribution in [1.29, 1.82) is 0 Å². The quantitative estimate of drug-likeness (QED) is 0.390. The van der Waals surface area contributed by atoms with Gasteiger partial charge in [0.2, 0.25) is 5.43 Å². The Kier molecular flexibility index (Phi) is 7.21. The first-order valence-corrected chi connectivity index (χ1v) is 10.7. The van der Waals surface area contributed by atoms with Gasteiger partial charge in [-0.2, -0.15) is 0 Å². The van der Waals surface area contributed by atoms with Crippen molar-refractivity contribution in [2.45, 2.75) is 19.9 Å². The summed E-state index contributed by atoms with van der Waals surface area (Å²) in [6.45, 7) is 6.01. The summed E-state index contributed by atoms with van der Waals surface area (Å²) in [7, 11) is 2.09. The van der Waals surface area contributed by atoms with Crippen LogP contribution in [0.1, 0.15) is 29.4 Å². The number of rotatable bonds is 6. The van der Waals surface area contributed by atoms with Crippen LogP contribution < -0.4 is 5.43 Å². The predicted octanol–water partition coefficient (Wildman–Crippen LogP) is 2.12. The van der Waals surface area contributed by atoms with Gasteiger partial charge < -0.3 is 19.1 Å². The smallest absolute Gasteiger partial charge is 0.343 e. The zero-order valence-electron chi connectivity index (χ0n) is 16.7. The highest BCUT2D eigenvalue weighted by atomic mass is 35.5. The lowest BCUT2D eigenvalue weighted by Crippen LogP contribution is -2.47. The van der Waals surface area contributed by atoms with E-state index in [1.807, 2.05) is 0 Å². The van der Waals surface area contributed by atoms with E-state index in [1.165, 1.54) is 6.20 Å². The molecular weight excluding hydrogens is 412 g/mol. The second kappa shape index (κ2) is 9.65. The standard InChI is InChI=1S/C20H25ClN4O3S/c1-3-28-20(27)15-13-25(8-4-7-21)18-14(17(15)26)5-6-16(22-18)19(29)24-11-9-23(2)10-12-24/h5-6,13H,3-4,7-12H2,1-2H3. The van der Waals surface area contributed by atoms with Gasteiger partial charge in [0, 0.05) is 44.8 Å². The number of halogens is 1. The predicted molar refractivity (Wildman–Crippen MR) is 118 cm³/mol. The van der Waals surface area contributed by atoms with E-state index in [0.717, 1.165) is 26.2 Å². The van der Waals surface area contributed by atoms with Gasteiger partial charge in [-0.05, 0) is 32.5 Å². The number of fused-ring (bicyclic) bond motifs is 1. The van der Waals surface area contributed by atoms with Crippen molar-refractivity contribution in [2.24, 2.45) is 0 Å². The highest BCUT2D eigenvalue weighted by molar-refractivity contribution is 7.80.